The molecule has 0 spiro atoms. The number of aromatic nitrogens is 8. The van der Waals surface area contributed by atoms with Crippen molar-refractivity contribution in [2.75, 3.05) is 102 Å². The van der Waals surface area contributed by atoms with Crippen molar-refractivity contribution in [2.24, 2.45) is 0 Å². The summed E-state index contributed by atoms with van der Waals surface area (Å²) in [5.41, 5.74) is -0.541. The van der Waals surface area contributed by atoms with E-state index >= 15 is 0 Å². The van der Waals surface area contributed by atoms with E-state index in [9.17, 15) is 46.1 Å². The summed E-state index contributed by atoms with van der Waals surface area (Å²) in [7, 11) is 0. The number of hydrogen-bond acceptors (Lipinski definition) is 16. The van der Waals surface area contributed by atoms with Crippen LogP contribution >= 0.6 is 0 Å². The van der Waals surface area contributed by atoms with Gasteiger partial charge in [0.05, 0.1) is 11.2 Å². The molecule has 4 aliphatic rings. The quantitative estimate of drug-likeness (QED) is 0.120. The Hall–Kier alpha value is -6.90. The number of alkyl halides is 6. The van der Waals surface area contributed by atoms with Gasteiger partial charge >= 0.3 is 12.4 Å². The van der Waals surface area contributed by atoms with E-state index in [4.69, 9.17) is 9.47 Å². The molecule has 2 aromatic carbocycles. The van der Waals surface area contributed by atoms with Crippen LogP contribution in [0.4, 0.5) is 38.0 Å². The maximum Gasteiger partial charge on any atom is 0.453 e. The first-order chi connectivity index (χ1) is 39.1. The maximum atomic E-state index is 13.2. The molecular formula is C56H74F6N14O6. The first-order valence-electron chi connectivity index (χ1n) is 28.1. The Morgan fingerprint density at radius 3 is 1.20 bits per heavy atom. The highest BCUT2D eigenvalue weighted by Gasteiger charge is 2.41. The Balaban J connectivity index is 0.000000208. The highest BCUT2D eigenvalue weighted by Crippen LogP contribution is 2.38. The first kappa shape index (κ1) is 61.2. The highest BCUT2D eigenvalue weighted by molar-refractivity contribution is 5.73. The van der Waals surface area contributed by atoms with E-state index in [1.807, 2.05) is 82.0 Å². The molecule has 0 aliphatic carbocycles. The number of ether oxygens (including phenoxy) is 2. The maximum absolute atomic E-state index is 13.2. The molecule has 26 heteroatoms. The molecule has 8 heterocycles. The molecule has 4 aliphatic heterocycles. The molecule has 2 atom stereocenters. The topological polar surface area (TPSA) is 199 Å². The molecule has 4 saturated heterocycles. The van der Waals surface area contributed by atoms with Crippen molar-refractivity contribution in [3.05, 3.63) is 95.6 Å². The number of hydrogen-bond donors (Lipinski definition) is 2. The van der Waals surface area contributed by atoms with Crippen LogP contribution in [0.3, 0.4) is 0 Å². The second-order valence-electron chi connectivity index (χ2n) is 21.2. The average molecular weight is 1150 g/mol. The van der Waals surface area contributed by atoms with Gasteiger partial charge in [-0.2, -0.15) is 35.4 Å². The fourth-order valence-corrected chi connectivity index (χ4v) is 10.8. The van der Waals surface area contributed by atoms with Crippen LogP contribution in [0.5, 0.6) is 11.5 Å². The number of benzene rings is 2. The Labute approximate surface area is 472 Å². The fraction of sp³-hybridized carbons (Fsp3) is 0.571. The van der Waals surface area contributed by atoms with E-state index in [0.29, 0.717) is 97.2 Å². The SMILES string of the molecule is CC.CC(=O)N1CCCN([C@@H](C)COc2ccc(C3(O)CCN(c4ccc5nnc(C(F)(F)F)n5n4)CC3)cc2)CC1.CC(=O)N1CCCN([C@H](C)COc2ccc(C3(O)CCN(c4ccc5nnc(C(F)(F)F)n5n4)CC3)cc2)CC1. The summed E-state index contributed by atoms with van der Waals surface area (Å²) >= 11 is 0. The van der Waals surface area contributed by atoms with E-state index in [2.05, 4.69) is 54.2 Å². The van der Waals surface area contributed by atoms with Crippen LogP contribution < -0.4 is 19.3 Å². The standard InChI is InChI=1S/2C27H34F3N7O3.C2H6/c2*1-19(34-12-3-13-35(17-16-34)20(2)38)18-40-22-6-4-21(5-7-22)26(39)10-14-36(15-11-26)24-9-8-23-31-32-25(27(28,29)30)37(23)33-24;1-2/h2*4-9,19,39H,3,10-18H2,1-2H3;1-2H3/t2*19-;/m10./s1. The summed E-state index contributed by atoms with van der Waals surface area (Å²) < 4.78 is 92.9. The number of carbonyl (C=O) groups is 2. The molecule has 6 aromatic rings. The van der Waals surface area contributed by atoms with Crippen molar-refractivity contribution < 1.29 is 55.6 Å². The molecule has 2 amide bonds. The summed E-state index contributed by atoms with van der Waals surface area (Å²) in [6.45, 7) is 20.7. The van der Waals surface area contributed by atoms with Gasteiger partial charge in [0.2, 0.25) is 11.8 Å². The number of amides is 2. The van der Waals surface area contributed by atoms with Gasteiger partial charge in [-0.3, -0.25) is 19.4 Å². The lowest BCUT2D eigenvalue weighted by Crippen LogP contribution is -2.43. The number of anilines is 2. The zero-order valence-electron chi connectivity index (χ0n) is 47.3. The van der Waals surface area contributed by atoms with Crippen molar-refractivity contribution in [1.82, 2.24) is 59.2 Å². The molecule has 4 aromatic heterocycles. The third kappa shape index (κ3) is 14.6. The Morgan fingerprint density at radius 2 is 0.866 bits per heavy atom. The summed E-state index contributed by atoms with van der Waals surface area (Å²) in [6, 6.07) is 21.4. The van der Waals surface area contributed by atoms with Crippen LogP contribution in [0.2, 0.25) is 0 Å². The monoisotopic (exact) mass is 1150 g/mol. The van der Waals surface area contributed by atoms with Gasteiger partial charge in [-0.15, -0.1) is 30.6 Å². The summed E-state index contributed by atoms with van der Waals surface area (Å²) in [4.78, 5) is 35.5. The van der Waals surface area contributed by atoms with Crippen LogP contribution in [-0.2, 0) is 33.1 Å². The highest BCUT2D eigenvalue weighted by atomic mass is 19.4. The van der Waals surface area contributed by atoms with Crippen LogP contribution in [0, 0.1) is 0 Å². The number of piperidine rings is 2. The van der Waals surface area contributed by atoms with Crippen LogP contribution in [0.1, 0.15) is 103 Å². The van der Waals surface area contributed by atoms with Crippen molar-refractivity contribution >= 4 is 34.7 Å². The predicted octanol–water partition coefficient (Wildman–Crippen LogP) is 6.93. The number of carbonyl (C=O) groups excluding carboxylic acids is 2. The van der Waals surface area contributed by atoms with Gasteiger partial charge in [0.15, 0.2) is 11.3 Å². The molecule has 0 unspecified atom stereocenters. The second-order valence-corrected chi connectivity index (χ2v) is 21.2. The van der Waals surface area contributed by atoms with Gasteiger partial charge in [-0.1, -0.05) is 38.1 Å². The smallest absolute Gasteiger partial charge is 0.453 e. The Kier molecular flexibility index (Phi) is 19.5. The molecule has 10 rings (SSSR count). The van der Waals surface area contributed by atoms with Crippen LogP contribution in [-0.4, -0.2) is 185 Å². The number of nitrogens with zero attached hydrogens (tertiary/aromatic N) is 14. The van der Waals surface area contributed by atoms with E-state index in [-0.39, 0.29) is 35.2 Å². The molecule has 4 fully saturated rings. The molecule has 0 saturated carbocycles. The zero-order chi connectivity index (χ0) is 59.0. The third-order valence-electron chi connectivity index (χ3n) is 15.8. The molecule has 0 radical (unpaired) electrons. The summed E-state index contributed by atoms with van der Waals surface area (Å²) in [6.07, 6.45) is -5.87. The lowest BCUT2D eigenvalue weighted by Gasteiger charge is -2.39. The van der Waals surface area contributed by atoms with Gasteiger partial charge in [-0.25, -0.2) is 0 Å². The van der Waals surface area contributed by atoms with Gasteiger partial charge in [0, 0.05) is 104 Å². The van der Waals surface area contributed by atoms with Crippen molar-refractivity contribution in [3.8, 4) is 11.5 Å². The summed E-state index contributed by atoms with van der Waals surface area (Å²) in [5, 5.41) is 44.5. The van der Waals surface area contributed by atoms with Gasteiger partial charge in [-0.05, 0) is 112 Å². The molecular weight excluding hydrogens is 1080 g/mol. The van der Waals surface area contributed by atoms with Crippen molar-refractivity contribution in [3.63, 3.8) is 0 Å². The first-order valence-corrected chi connectivity index (χ1v) is 28.1. The van der Waals surface area contributed by atoms with Gasteiger partial charge < -0.3 is 39.3 Å². The Morgan fingerprint density at radius 1 is 0.512 bits per heavy atom. The number of rotatable bonds is 12. The van der Waals surface area contributed by atoms with E-state index in [1.54, 1.807) is 26.0 Å². The van der Waals surface area contributed by atoms with Crippen LogP contribution in [0.25, 0.3) is 11.3 Å². The predicted molar refractivity (Wildman–Crippen MR) is 293 cm³/mol. The van der Waals surface area contributed by atoms with Gasteiger partial charge in [0.25, 0.3) is 11.6 Å². The fourth-order valence-electron chi connectivity index (χ4n) is 10.8. The number of aliphatic hydroxyl groups is 2. The van der Waals surface area contributed by atoms with Gasteiger partial charge in [0.1, 0.15) is 36.3 Å². The number of halogens is 6. The minimum atomic E-state index is -4.66. The minimum Gasteiger partial charge on any atom is -0.492 e. The minimum absolute atomic E-state index is 0.0207. The largest absolute Gasteiger partial charge is 0.492 e. The van der Waals surface area contributed by atoms with Crippen molar-refractivity contribution in [2.45, 2.75) is 116 Å². The molecule has 2 N–H and O–H groups in total. The average Bonchev–Trinajstić information content (AvgIpc) is 4.03. The molecule has 0 bridgehead atoms. The third-order valence-corrected chi connectivity index (χ3v) is 15.8. The van der Waals surface area contributed by atoms with E-state index in [1.165, 1.54) is 12.1 Å². The number of fused-ring (bicyclic) bond motifs is 2. The lowest BCUT2D eigenvalue weighted by atomic mass is 9.84. The zero-order valence-corrected chi connectivity index (χ0v) is 47.3. The van der Waals surface area contributed by atoms with Crippen molar-refractivity contribution in [1.29, 1.82) is 0 Å². The molecule has 82 heavy (non-hydrogen) atoms. The lowest BCUT2D eigenvalue weighted by molar-refractivity contribution is -0.147. The van der Waals surface area contributed by atoms with E-state index in [0.717, 1.165) is 76.3 Å². The molecule has 446 valence electrons. The summed E-state index contributed by atoms with van der Waals surface area (Å²) in [5.74, 6) is 0.0618. The van der Waals surface area contributed by atoms with Crippen LogP contribution in [0.15, 0.2) is 72.8 Å². The normalized spacial score (nSPS) is 19.0. The van der Waals surface area contributed by atoms with E-state index < -0.39 is 35.2 Å². The molecule has 20 nitrogen and oxygen atoms in total. The second kappa shape index (κ2) is 26.1. The Bertz CT molecular complexity index is 2850.